The van der Waals surface area contributed by atoms with Crippen molar-refractivity contribution in [3.8, 4) is 17.2 Å². The maximum Gasteiger partial charge on any atom is 0.338 e. The second-order valence-electron chi connectivity index (χ2n) is 9.34. The molecule has 2 heterocycles. The van der Waals surface area contributed by atoms with Gasteiger partial charge in [-0.25, -0.2) is 9.79 Å². The number of ether oxygens (including phenoxy) is 4. The van der Waals surface area contributed by atoms with Crippen LogP contribution in [0.15, 0.2) is 94.7 Å². The average molecular weight is 617 g/mol. The van der Waals surface area contributed by atoms with Crippen LogP contribution in [0.4, 0.5) is 0 Å². The fourth-order valence-electron chi connectivity index (χ4n) is 4.80. The molecule has 4 aromatic rings. The second kappa shape index (κ2) is 13.1. The smallest absolute Gasteiger partial charge is 0.338 e. The number of benzene rings is 3. The molecule has 0 radical (unpaired) electrons. The summed E-state index contributed by atoms with van der Waals surface area (Å²) in [4.78, 5) is 33.0. The highest BCUT2D eigenvalue weighted by Crippen LogP contribution is 2.37. The first kappa shape index (κ1) is 29.9. The highest BCUT2D eigenvalue weighted by molar-refractivity contribution is 7.07. The topological polar surface area (TPSA) is 88.4 Å². The van der Waals surface area contributed by atoms with Crippen LogP contribution in [-0.4, -0.2) is 38.0 Å². The zero-order valence-corrected chi connectivity index (χ0v) is 25.4. The molecule has 0 saturated carbocycles. The van der Waals surface area contributed by atoms with Gasteiger partial charge in [-0.15, -0.1) is 0 Å². The lowest BCUT2D eigenvalue weighted by atomic mass is 9.93. The van der Waals surface area contributed by atoms with Crippen molar-refractivity contribution in [1.82, 2.24) is 4.57 Å². The van der Waals surface area contributed by atoms with Gasteiger partial charge in [0.15, 0.2) is 16.3 Å². The number of carbonyl (C=O) groups is 1. The zero-order valence-electron chi connectivity index (χ0n) is 23.8. The van der Waals surface area contributed by atoms with Crippen LogP contribution in [0.5, 0.6) is 17.2 Å². The number of carbonyl (C=O) groups excluding carboxylic acids is 1. The van der Waals surface area contributed by atoms with Crippen LogP contribution in [0.25, 0.3) is 11.8 Å². The third-order valence-corrected chi connectivity index (χ3v) is 7.96. The van der Waals surface area contributed by atoms with Crippen LogP contribution >= 0.6 is 22.9 Å². The zero-order chi connectivity index (χ0) is 30.5. The Morgan fingerprint density at radius 3 is 2.49 bits per heavy atom. The first-order valence-corrected chi connectivity index (χ1v) is 14.6. The second-order valence-corrected chi connectivity index (χ2v) is 10.8. The Kier molecular flexibility index (Phi) is 9.13. The van der Waals surface area contributed by atoms with E-state index >= 15 is 0 Å². The van der Waals surface area contributed by atoms with E-state index in [0.29, 0.717) is 48.4 Å². The Hall–Kier alpha value is -4.60. The number of halogens is 1. The molecule has 1 atom stereocenters. The standard InChI is InChI=1S/C33H29ClN2O6S/c1-5-16-42-30-24(34)17-20(18-25(30)40-4)19-26-31(37)36-29(22-12-14-23(39-3)15-13-22)27(32(38)41-6-2)28(35-33(36)43-26)21-10-8-7-9-11-21/h5,7-15,17-19,29H,1,6,16H2,2-4H3/b26-19-/t29-/m0/s1. The van der Waals surface area contributed by atoms with E-state index in [1.807, 2.05) is 42.5 Å². The Morgan fingerprint density at radius 1 is 1.09 bits per heavy atom. The normalized spacial score (nSPS) is 14.5. The van der Waals surface area contributed by atoms with Crippen LogP contribution in [0.2, 0.25) is 5.02 Å². The molecule has 1 aromatic heterocycles. The number of thiazole rings is 1. The van der Waals surface area contributed by atoms with E-state index in [9.17, 15) is 9.59 Å². The number of aromatic nitrogens is 1. The minimum Gasteiger partial charge on any atom is -0.497 e. The molecule has 5 rings (SSSR count). The van der Waals surface area contributed by atoms with Gasteiger partial charge in [0.1, 0.15) is 12.4 Å². The Balaban J connectivity index is 1.76. The SMILES string of the molecule is C=CCOc1c(Cl)cc(/C=c2\sc3n(c2=O)[C@@H](c2ccc(OC)cc2)C(C(=O)OCC)=C(c2ccccc2)N=3)cc1OC. The molecule has 1 aliphatic rings. The average Bonchev–Trinajstić information content (AvgIpc) is 3.34. The van der Waals surface area contributed by atoms with Crippen molar-refractivity contribution in [1.29, 1.82) is 0 Å². The van der Waals surface area contributed by atoms with Gasteiger partial charge >= 0.3 is 5.97 Å². The highest BCUT2D eigenvalue weighted by atomic mass is 35.5. The van der Waals surface area contributed by atoms with E-state index in [2.05, 4.69) is 6.58 Å². The van der Waals surface area contributed by atoms with Crippen molar-refractivity contribution >= 4 is 40.7 Å². The van der Waals surface area contributed by atoms with E-state index in [-0.39, 0.29) is 24.3 Å². The van der Waals surface area contributed by atoms with Gasteiger partial charge in [-0.2, -0.15) is 0 Å². The van der Waals surface area contributed by atoms with E-state index in [4.69, 9.17) is 35.5 Å². The van der Waals surface area contributed by atoms with Crippen LogP contribution in [0.1, 0.15) is 29.7 Å². The maximum atomic E-state index is 14.1. The number of hydrogen-bond acceptors (Lipinski definition) is 8. The minimum atomic E-state index is -0.800. The summed E-state index contributed by atoms with van der Waals surface area (Å²) in [6.07, 6.45) is 3.33. The molecule has 0 aliphatic carbocycles. The summed E-state index contributed by atoms with van der Waals surface area (Å²) >= 11 is 7.74. The summed E-state index contributed by atoms with van der Waals surface area (Å²) in [6.45, 7) is 5.83. The molecule has 0 amide bonds. The number of rotatable bonds is 10. The van der Waals surface area contributed by atoms with Crippen molar-refractivity contribution < 1.29 is 23.7 Å². The molecule has 0 unspecified atom stereocenters. The number of methoxy groups -OCH3 is 2. The molecule has 0 N–H and O–H groups in total. The molecule has 3 aromatic carbocycles. The Morgan fingerprint density at radius 2 is 1.84 bits per heavy atom. The monoisotopic (exact) mass is 616 g/mol. The van der Waals surface area contributed by atoms with Crippen molar-refractivity contribution in [2.45, 2.75) is 13.0 Å². The molecular weight excluding hydrogens is 588 g/mol. The number of nitrogens with zero attached hydrogens (tertiary/aromatic N) is 2. The predicted molar refractivity (Wildman–Crippen MR) is 168 cm³/mol. The van der Waals surface area contributed by atoms with Gasteiger partial charge in [0.25, 0.3) is 5.56 Å². The van der Waals surface area contributed by atoms with Crippen LogP contribution in [0, 0.1) is 0 Å². The summed E-state index contributed by atoms with van der Waals surface area (Å²) in [5.74, 6) is 0.897. The van der Waals surface area contributed by atoms with Crippen molar-refractivity contribution in [2.24, 2.45) is 4.99 Å². The van der Waals surface area contributed by atoms with Gasteiger partial charge in [0.05, 0.1) is 47.7 Å². The maximum absolute atomic E-state index is 14.1. The van der Waals surface area contributed by atoms with Crippen LogP contribution < -0.4 is 29.1 Å². The quantitative estimate of drug-likeness (QED) is 0.180. The molecule has 0 bridgehead atoms. The van der Waals surface area contributed by atoms with Gasteiger partial charge < -0.3 is 18.9 Å². The summed E-state index contributed by atoms with van der Waals surface area (Å²) in [5.41, 5.74) is 2.46. The Labute approximate surface area is 257 Å². The van der Waals surface area contributed by atoms with Crippen molar-refractivity contribution in [3.05, 3.63) is 126 Å². The molecule has 10 heteroatoms. The van der Waals surface area contributed by atoms with E-state index in [1.54, 1.807) is 50.5 Å². The predicted octanol–water partition coefficient (Wildman–Crippen LogP) is 5.17. The molecule has 1 aliphatic heterocycles. The van der Waals surface area contributed by atoms with Crippen LogP contribution in [-0.2, 0) is 9.53 Å². The third kappa shape index (κ3) is 6.00. The first-order valence-electron chi connectivity index (χ1n) is 13.4. The number of hydrogen-bond donors (Lipinski definition) is 0. The molecule has 220 valence electrons. The van der Waals surface area contributed by atoms with Crippen LogP contribution in [0.3, 0.4) is 0 Å². The van der Waals surface area contributed by atoms with E-state index < -0.39 is 12.0 Å². The van der Waals surface area contributed by atoms with Gasteiger partial charge in [-0.05, 0) is 48.4 Å². The van der Waals surface area contributed by atoms with Gasteiger partial charge in [-0.1, -0.05) is 78.1 Å². The molecule has 43 heavy (non-hydrogen) atoms. The molecule has 0 saturated heterocycles. The van der Waals surface area contributed by atoms with Crippen molar-refractivity contribution in [2.75, 3.05) is 27.4 Å². The number of esters is 1. The molecule has 0 spiro atoms. The lowest BCUT2D eigenvalue weighted by Crippen LogP contribution is -2.40. The van der Waals surface area contributed by atoms with Gasteiger partial charge in [0, 0.05) is 5.56 Å². The number of fused-ring (bicyclic) bond motifs is 1. The fraction of sp³-hybridized carbons (Fsp3) is 0.182. The highest BCUT2D eigenvalue weighted by Gasteiger charge is 2.35. The summed E-state index contributed by atoms with van der Waals surface area (Å²) in [7, 11) is 3.09. The molecule has 8 nitrogen and oxygen atoms in total. The third-order valence-electron chi connectivity index (χ3n) is 6.70. The van der Waals surface area contributed by atoms with Gasteiger partial charge in [-0.3, -0.25) is 9.36 Å². The Bertz CT molecular complexity index is 1880. The first-order chi connectivity index (χ1) is 20.9. The van der Waals surface area contributed by atoms with Crippen molar-refractivity contribution in [3.63, 3.8) is 0 Å². The largest absolute Gasteiger partial charge is 0.497 e. The minimum absolute atomic E-state index is 0.166. The van der Waals surface area contributed by atoms with E-state index in [1.165, 1.54) is 23.0 Å². The lowest BCUT2D eigenvalue weighted by Gasteiger charge is -2.26. The molecular formula is C33H29ClN2O6S. The lowest BCUT2D eigenvalue weighted by molar-refractivity contribution is -0.138. The summed E-state index contributed by atoms with van der Waals surface area (Å²) in [5, 5.41) is 0.326. The summed E-state index contributed by atoms with van der Waals surface area (Å²) in [6, 6.07) is 19.3. The molecule has 0 fully saturated rings. The summed E-state index contributed by atoms with van der Waals surface area (Å²) < 4.78 is 24.0. The fourth-order valence-corrected chi connectivity index (χ4v) is 6.07. The van der Waals surface area contributed by atoms with Gasteiger partial charge in [0.2, 0.25) is 0 Å². The van der Waals surface area contributed by atoms with E-state index in [0.717, 1.165) is 5.56 Å².